The minimum Gasteiger partial charge on any atom is -0.399 e. The molecule has 0 radical (unpaired) electrons. The zero-order valence-corrected chi connectivity index (χ0v) is 16.8. The monoisotopic (exact) mass is 414 g/mol. The summed E-state index contributed by atoms with van der Waals surface area (Å²) in [5.41, 5.74) is 8.22. The van der Waals surface area contributed by atoms with Crippen molar-refractivity contribution in [2.24, 2.45) is 7.05 Å². The average molecular weight is 414 g/mol. The van der Waals surface area contributed by atoms with Crippen LogP contribution in [0.1, 0.15) is 12.8 Å². The number of ether oxygens (including phenoxy) is 1. The Kier molecular flexibility index (Phi) is 5.20. The average Bonchev–Trinajstić information content (AvgIpc) is 3.15. The molecule has 0 saturated carbocycles. The normalized spacial score (nSPS) is 15.3. The van der Waals surface area contributed by atoms with Gasteiger partial charge in [-0.25, -0.2) is 22.7 Å². The van der Waals surface area contributed by atoms with Gasteiger partial charge in [0.2, 0.25) is 16.0 Å². The number of hydrogen-bond donors (Lipinski definition) is 1. The fourth-order valence-electron chi connectivity index (χ4n) is 3.27. The number of benzene rings is 1. The van der Waals surface area contributed by atoms with Crippen LogP contribution in [0.25, 0.3) is 11.3 Å². The Hall–Kier alpha value is -2.98. The van der Waals surface area contributed by atoms with E-state index in [4.69, 9.17) is 10.5 Å². The highest BCUT2D eigenvalue weighted by Gasteiger charge is 2.37. The third-order valence-electron chi connectivity index (χ3n) is 4.80. The molecule has 2 aromatic heterocycles. The highest BCUT2D eigenvalue weighted by atomic mass is 32.2. The predicted molar refractivity (Wildman–Crippen MR) is 110 cm³/mol. The van der Waals surface area contributed by atoms with Gasteiger partial charge >= 0.3 is 0 Å². The van der Waals surface area contributed by atoms with E-state index < -0.39 is 15.3 Å². The van der Waals surface area contributed by atoms with E-state index in [1.165, 1.54) is 10.5 Å². The Morgan fingerprint density at radius 3 is 2.55 bits per heavy atom. The van der Waals surface area contributed by atoms with E-state index in [1.54, 1.807) is 42.3 Å². The Morgan fingerprint density at radius 1 is 1.17 bits per heavy atom. The van der Waals surface area contributed by atoms with E-state index in [2.05, 4.69) is 15.1 Å². The van der Waals surface area contributed by atoms with Crippen LogP contribution in [0.2, 0.25) is 0 Å². The maximum atomic E-state index is 13.5. The zero-order chi connectivity index (χ0) is 20.4. The standard InChI is InChI=1S/C19H22N6O3S/c1-24-13-16(12-22-24)25(29(26,27)17-7-10-28-11-8-17)19-21-9-6-18(23-19)14-2-4-15(20)5-3-14/h2-6,9,12-13,17H,7-8,10-11,20H2,1H3. The molecule has 1 saturated heterocycles. The lowest BCUT2D eigenvalue weighted by Crippen LogP contribution is -2.39. The molecule has 2 N–H and O–H groups in total. The summed E-state index contributed by atoms with van der Waals surface area (Å²) < 4.78 is 35.1. The van der Waals surface area contributed by atoms with Crippen LogP contribution in [0, 0.1) is 0 Å². The van der Waals surface area contributed by atoms with E-state index in [0.717, 1.165) is 5.56 Å². The molecule has 0 atom stereocenters. The summed E-state index contributed by atoms with van der Waals surface area (Å²) in [5, 5.41) is 3.56. The molecule has 0 unspecified atom stereocenters. The van der Waals surface area contributed by atoms with Gasteiger partial charge < -0.3 is 10.5 Å². The van der Waals surface area contributed by atoms with Crippen molar-refractivity contribution in [3.63, 3.8) is 0 Å². The van der Waals surface area contributed by atoms with Crippen molar-refractivity contribution in [3.05, 3.63) is 48.9 Å². The second-order valence-corrected chi connectivity index (χ2v) is 8.92. The van der Waals surface area contributed by atoms with Crippen LogP contribution in [-0.4, -0.2) is 46.6 Å². The van der Waals surface area contributed by atoms with Gasteiger partial charge in [0.05, 0.1) is 22.8 Å². The molecule has 152 valence electrons. The smallest absolute Gasteiger partial charge is 0.245 e. The van der Waals surface area contributed by atoms with E-state index in [9.17, 15) is 8.42 Å². The number of anilines is 3. The van der Waals surface area contributed by atoms with Crippen molar-refractivity contribution in [3.8, 4) is 11.3 Å². The second kappa shape index (κ2) is 7.80. The molecule has 3 heterocycles. The van der Waals surface area contributed by atoms with Crippen molar-refractivity contribution in [2.45, 2.75) is 18.1 Å². The fraction of sp³-hybridized carbons (Fsp3) is 0.316. The summed E-state index contributed by atoms with van der Waals surface area (Å²) in [4.78, 5) is 8.82. The first kappa shape index (κ1) is 19.3. The molecule has 1 aliphatic rings. The van der Waals surface area contributed by atoms with Crippen LogP contribution in [-0.2, 0) is 21.8 Å². The summed E-state index contributed by atoms with van der Waals surface area (Å²) in [6.45, 7) is 0.828. The van der Waals surface area contributed by atoms with Gasteiger partial charge in [-0.3, -0.25) is 4.68 Å². The molecule has 9 nitrogen and oxygen atoms in total. The summed E-state index contributed by atoms with van der Waals surface area (Å²) in [6.07, 6.45) is 5.54. The maximum absolute atomic E-state index is 13.5. The molecule has 0 bridgehead atoms. The first-order valence-electron chi connectivity index (χ1n) is 9.24. The topological polar surface area (TPSA) is 116 Å². The first-order chi connectivity index (χ1) is 13.9. The van der Waals surface area contributed by atoms with E-state index in [0.29, 0.717) is 43.1 Å². The second-order valence-electron chi connectivity index (χ2n) is 6.86. The first-order valence-corrected chi connectivity index (χ1v) is 10.7. The Bertz CT molecular complexity index is 1090. The van der Waals surface area contributed by atoms with Crippen molar-refractivity contribution >= 4 is 27.3 Å². The van der Waals surface area contributed by atoms with Gasteiger partial charge in [0, 0.05) is 43.9 Å². The van der Waals surface area contributed by atoms with Crippen molar-refractivity contribution < 1.29 is 13.2 Å². The number of aryl methyl sites for hydroxylation is 1. The lowest BCUT2D eigenvalue weighted by Gasteiger charge is -2.29. The number of hydrogen-bond acceptors (Lipinski definition) is 7. The molecule has 0 aliphatic carbocycles. The van der Waals surface area contributed by atoms with Gasteiger partial charge in [-0.1, -0.05) is 12.1 Å². The Morgan fingerprint density at radius 2 is 1.90 bits per heavy atom. The number of sulfonamides is 1. The van der Waals surface area contributed by atoms with Crippen molar-refractivity contribution in [2.75, 3.05) is 23.3 Å². The molecule has 1 fully saturated rings. The molecule has 0 amide bonds. The molecule has 4 rings (SSSR count). The molecule has 0 spiro atoms. The van der Waals surface area contributed by atoms with Crippen LogP contribution in [0.5, 0.6) is 0 Å². The minimum atomic E-state index is -3.77. The highest BCUT2D eigenvalue weighted by Crippen LogP contribution is 2.32. The quantitative estimate of drug-likeness (QED) is 0.636. The molecule has 1 aromatic carbocycles. The molecule has 10 heteroatoms. The molecule has 1 aliphatic heterocycles. The van der Waals surface area contributed by atoms with Crippen molar-refractivity contribution in [1.82, 2.24) is 19.7 Å². The number of aromatic nitrogens is 4. The zero-order valence-electron chi connectivity index (χ0n) is 16.0. The summed E-state index contributed by atoms with van der Waals surface area (Å²) in [7, 11) is -2.04. The predicted octanol–water partition coefficient (Wildman–Crippen LogP) is 2.11. The largest absolute Gasteiger partial charge is 0.399 e. The van der Waals surface area contributed by atoms with Crippen LogP contribution >= 0.6 is 0 Å². The van der Waals surface area contributed by atoms with E-state index >= 15 is 0 Å². The summed E-state index contributed by atoms with van der Waals surface area (Å²) in [6, 6.07) is 8.95. The Balaban J connectivity index is 1.79. The molecule has 3 aromatic rings. The van der Waals surface area contributed by atoms with Crippen molar-refractivity contribution in [1.29, 1.82) is 0 Å². The molecular formula is C19H22N6O3S. The third kappa shape index (κ3) is 3.94. The SMILES string of the molecule is Cn1cc(N(c2nccc(-c3ccc(N)cc3)n2)S(=O)(=O)C2CCOCC2)cn1. The number of nitrogen functional groups attached to an aromatic ring is 1. The van der Waals surface area contributed by atoms with Crippen LogP contribution in [0.4, 0.5) is 17.3 Å². The lowest BCUT2D eigenvalue weighted by atomic mass is 10.1. The van der Waals surface area contributed by atoms with Gasteiger partial charge in [0.25, 0.3) is 0 Å². The van der Waals surface area contributed by atoms with E-state index in [1.807, 2.05) is 12.1 Å². The number of nitrogens with two attached hydrogens (primary N) is 1. The van der Waals surface area contributed by atoms with Gasteiger partial charge in [0.15, 0.2) is 0 Å². The molecular weight excluding hydrogens is 392 g/mol. The van der Waals surface area contributed by atoms with Crippen LogP contribution in [0.3, 0.4) is 0 Å². The van der Waals surface area contributed by atoms with Crippen LogP contribution in [0.15, 0.2) is 48.9 Å². The van der Waals surface area contributed by atoms with Crippen LogP contribution < -0.4 is 10.0 Å². The van der Waals surface area contributed by atoms with Gasteiger partial charge in [-0.15, -0.1) is 0 Å². The maximum Gasteiger partial charge on any atom is 0.245 e. The number of nitrogens with zero attached hydrogens (tertiary/aromatic N) is 5. The van der Waals surface area contributed by atoms with E-state index in [-0.39, 0.29) is 5.95 Å². The van der Waals surface area contributed by atoms with Gasteiger partial charge in [-0.05, 0) is 31.0 Å². The van der Waals surface area contributed by atoms with Gasteiger partial charge in [0.1, 0.15) is 0 Å². The third-order valence-corrected chi connectivity index (χ3v) is 7.00. The summed E-state index contributed by atoms with van der Waals surface area (Å²) >= 11 is 0. The lowest BCUT2D eigenvalue weighted by molar-refractivity contribution is 0.0983. The minimum absolute atomic E-state index is 0.0822. The van der Waals surface area contributed by atoms with Gasteiger partial charge in [-0.2, -0.15) is 5.10 Å². The highest BCUT2D eigenvalue weighted by molar-refractivity contribution is 7.93. The molecule has 29 heavy (non-hydrogen) atoms. The summed E-state index contributed by atoms with van der Waals surface area (Å²) in [5.74, 6) is 0.0822. The Labute approximate surface area is 169 Å². The fourth-order valence-corrected chi connectivity index (χ4v) is 5.06. The number of rotatable bonds is 5.